The summed E-state index contributed by atoms with van der Waals surface area (Å²) >= 11 is 0. The molecule has 6 heteroatoms. The predicted octanol–water partition coefficient (Wildman–Crippen LogP) is 2.51. The molecule has 0 bridgehead atoms. The van der Waals surface area contributed by atoms with Crippen molar-refractivity contribution in [2.24, 2.45) is 0 Å². The lowest BCUT2D eigenvalue weighted by Gasteiger charge is -2.08. The van der Waals surface area contributed by atoms with Crippen molar-refractivity contribution in [2.75, 3.05) is 11.9 Å². The van der Waals surface area contributed by atoms with E-state index in [-0.39, 0.29) is 5.56 Å². The zero-order valence-corrected chi connectivity index (χ0v) is 7.40. The van der Waals surface area contributed by atoms with Gasteiger partial charge in [-0.1, -0.05) is 0 Å². The van der Waals surface area contributed by atoms with Gasteiger partial charge in [0.2, 0.25) is 0 Å². The summed E-state index contributed by atoms with van der Waals surface area (Å²) in [5, 5.41) is 10.3. The van der Waals surface area contributed by atoms with Gasteiger partial charge in [-0.25, -0.2) is 17.6 Å². The van der Waals surface area contributed by atoms with Crippen molar-refractivity contribution in [3.05, 3.63) is 29.3 Å². The van der Waals surface area contributed by atoms with Crippen molar-refractivity contribution in [3.63, 3.8) is 0 Å². The summed E-state index contributed by atoms with van der Waals surface area (Å²) < 4.78 is 49.6. The molecule has 0 fully saturated rings. The molecule has 80 valence electrons. The minimum absolute atomic E-state index is 0.201. The maximum absolute atomic E-state index is 13.0. The number of nitrogens with zero attached hydrogens (tertiary/aromatic N) is 1. The van der Waals surface area contributed by atoms with Crippen LogP contribution < -0.4 is 5.32 Å². The highest BCUT2D eigenvalue weighted by atomic mass is 19.3. The fourth-order valence-electron chi connectivity index (χ4n) is 0.986. The molecular weight excluding hydrogens is 212 g/mol. The van der Waals surface area contributed by atoms with E-state index in [1.54, 1.807) is 6.07 Å². The molecule has 0 spiro atoms. The van der Waals surface area contributed by atoms with Crippen molar-refractivity contribution < 1.29 is 17.6 Å². The fraction of sp³-hybridized carbons (Fsp3) is 0.222. The van der Waals surface area contributed by atoms with Crippen molar-refractivity contribution in [1.82, 2.24) is 0 Å². The van der Waals surface area contributed by atoms with Gasteiger partial charge in [0.15, 0.2) is 11.6 Å². The summed E-state index contributed by atoms with van der Waals surface area (Å²) in [6.45, 7) is -0.847. The van der Waals surface area contributed by atoms with E-state index in [1.165, 1.54) is 0 Å². The Morgan fingerprint density at radius 1 is 1.27 bits per heavy atom. The summed E-state index contributed by atoms with van der Waals surface area (Å²) in [6.07, 6.45) is -2.71. The van der Waals surface area contributed by atoms with Gasteiger partial charge in [0.25, 0.3) is 6.43 Å². The molecule has 0 heterocycles. The fourth-order valence-corrected chi connectivity index (χ4v) is 0.986. The second kappa shape index (κ2) is 4.64. The van der Waals surface area contributed by atoms with Crippen LogP contribution in [0, 0.1) is 23.0 Å². The number of halogens is 4. The molecule has 0 unspecified atom stereocenters. The molecule has 0 aliphatic carbocycles. The Bertz CT molecular complexity index is 375. The molecule has 1 N–H and O–H groups in total. The minimum Gasteiger partial charge on any atom is -0.375 e. The summed E-state index contributed by atoms with van der Waals surface area (Å²) in [7, 11) is 0. The third-order valence-electron chi connectivity index (χ3n) is 1.60. The van der Waals surface area contributed by atoms with Crippen molar-refractivity contribution in [3.8, 4) is 6.07 Å². The molecule has 0 aliphatic rings. The van der Waals surface area contributed by atoms with Crippen LogP contribution in [0.5, 0.6) is 0 Å². The number of nitriles is 1. The van der Waals surface area contributed by atoms with Gasteiger partial charge in [0.05, 0.1) is 18.2 Å². The van der Waals surface area contributed by atoms with Gasteiger partial charge in [0, 0.05) is 0 Å². The number of benzene rings is 1. The van der Waals surface area contributed by atoms with Crippen molar-refractivity contribution in [1.29, 1.82) is 5.26 Å². The largest absolute Gasteiger partial charge is 0.375 e. The van der Waals surface area contributed by atoms with Gasteiger partial charge in [-0.05, 0) is 12.1 Å². The average Bonchev–Trinajstić information content (AvgIpc) is 2.15. The molecule has 0 saturated carbocycles. The van der Waals surface area contributed by atoms with E-state index in [0.29, 0.717) is 0 Å². The standard InChI is InChI=1S/C9H6F4N2/c10-6-1-5(3-14)2-7(11)9(6)15-4-8(12)13/h1-2,8,15H,4H2. The molecule has 0 aliphatic heterocycles. The van der Waals surface area contributed by atoms with Crippen LogP contribution >= 0.6 is 0 Å². The highest BCUT2D eigenvalue weighted by Gasteiger charge is 2.12. The Kier molecular flexibility index (Phi) is 3.50. The van der Waals surface area contributed by atoms with E-state index >= 15 is 0 Å². The average molecular weight is 218 g/mol. The Balaban J connectivity index is 2.94. The lowest BCUT2D eigenvalue weighted by atomic mass is 10.2. The van der Waals surface area contributed by atoms with Crippen LogP contribution in [0.15, 0.2) is 12.1 Å². The van der Waals surface area contributed by atoms with Crippen LogP contribution in [-0.4, -0.2) is 13.0 Å². The molecule has 15 heavy (non-hydrogen) atoms. The number of alkyl halides is 2. The van der Waals surface area contributed by atoms with Gasteiger partial charge in [-0.15, -0.1) is 0 Å². The molecule has 0 saturated heterocycles. The molecule has 1 aromatic rings. The number of hydrogen-bond donors (Lipinski definition) is 1. The van der Waals surface area contributed by atoms with Gasteiger partial charge in [-0.2, -0.15) is 5.26 Å². The molecule has 1 aromatic carbocycles. The topological polar surface area (TPSA) is 35.8 Å². The lowest BCUT2D eigenvalue weighted by molar-refractivity contribution is 0.163. The van der Waals surface area contributed by atoms with Gasteiger partial charge in [0.1, 0.15) is 5.69 Å². The Hall–Kier alpha value is -1.77. The number of anilines is 1. The minimum atomic E-state index is -2.71. The van der Waals surface area contributed by atoms with Crippen LogP contribution in [0.3, 0.4) is 0 Å². The lowest BCUT2D eigenvalue weighted by Crippen LogP contribution is -2.12. The molecule has 2 nitrogen and oxygen atoms in total. The van der Waals surface area contributed by atoms with Crippen molar-refractivity contribution >= 4 is 5.69 Å². The molecule has 0 amide bonds. The smallest absolute Gasteiger partial charge is 0.255 e. The zero-order chi connectivity index (χ0) is 11.4. The Morgan fingerprint density at radius 2 is 1.80 bits per heavy atom. The first-order valence-corrected chi connectivity index (χ1v) is 3.95. The molecular formula is C9H6F4N2. The van der Waals surface area contributed by atoms with Crippen LogP contribution in [0.4, 0.5) is 23.2 Å². The maximum Gasteiger partial charge on any atom is 0.255 e. The highest BCUT2D eigenvalue weighted by Crippen LogP contribution is 2.20. The van der Waals surface area contributed by atoms with E-state index in [0.717, 1.165) is 12.1 Å². The van der Waals surface area contributed by atoms with Gasteiger partial charge < -0.3 is 5.32 Å². The third kappa shape index (κ3) is 2.84. The summed E-state index contributed by atoms with van der Waals surface area (Å²) in [5.41, 5.74) is -0.845. The van der Waals surface area contributed by atoms with Crippen LogP contribution in [0.25, 0.3) is 0 Å². The second-order valence-electron chi connectivity index (χ2n) is 2.70. The second-order valence-corrected chi connectivity index (χ2v) is 2.70. The number of rotatable bonds is 3. The summed E-state index contributed by atoms with van der Waals surface area (Å²) in [5.74, 6) is -2.13. The predicted molar refractivity (Wildman–Crippen MR) is 45.6 cm³/mol. The summed E-state index contributed by atoms with van der Waals surface area (Å²) in [4.78, 5) is 0. The first-order valence-electron chi connectivity index (χ1n) is 3.95. The first kappa shape index (κ1) is 11.3. The van der Waals surface area contributed by atoms with E-state index in [1.807, 2.05) is 5.32 Å². The van der Waals surface area contributed by atoms with E-state index in [2.05, 4.69) is 0 Å². The van der Waals surface area contributed by atoms with E-state index < -0.39 is 30.3 Å². The molecule has 0 radical (unpaired) electrons. The molecule has 0 atom stereocenters. The maximum atomic E-state index is 13.0. The Morgan fingerprint density at radius 3 is 2.20 bits per heavy atom. The highest BCUT2D eigenvalue weighted by molar-refractivity contribution is 5.50. The van der Waals surface area contributed by atoms with Gasteiger partial charge >= 0.3 is 0 Å². The number of hydrogen-bond acceptors (Lipinski definition) is 2. The van der Waals surface area contributed by atoms with Gasteiger partial charge in [-0.3, -0.25) is 0 Å². The normalized spacial score (nSPS) is 10.1. The van der Waals surface area contributed by atoms with Crippen molar-refractivity contribution in [2.45, 2.75) is 6.43 Å². The van der Waals surface area contributed by atoms with Crippen LogP contribution in [-0.2, 0) is 0 Å². The first-order chi connectivity index (χ1) is 7.04. The Labute approximate surface area is 83.1 Å². The zero-order valence-electron chi connectivity index (χ0n) is 7.40. The van der Waals surface area contributed by atoms with Crippen LogP contribution in [0.2, 0.25) is 0 Å². The summed E-state index contributed by atoms with van der Waals surface area (Å²) in [6, 6.07) is 3.09. The molecule has 1 rings (SSSR count). The van der Waals surface area contributed by atoms with E-state index in [9.17, 15) is 17.6 Å². The van der Waals surface area contributed by atoms with E-state index in [4.69, 9.17) is 5.26 Å². The number of nitrogens with one attached hydrogen (secondary N) is 1. The SMILES string of the molecule is N#Cc1cc(F)c(NCC(F)F)c(F)c1. The molecule has 0 aromatic heterocycles. The quantitative estimate of drug-likeness (QED) is 0.791. The monoisotopic (exact) mass is 218 g/mol. The third-order valence-corrected chi connectivity index (χ3v) is 1.60. The van der Waals surface area contributed by atoms with Crippen LogP contribution in [0.1, 0.15) is 5.56 Å².